The summed E-state index contributed by atoms with van der Waals surface area (Å²) >= 11 is 3.34. The molecule has 2 aromatic rings. The molecule has 0 aliphatic heterocycles. The van der Waals surface area contributed by atoms with Crippen LogP contribution in [0.25, 0.3) is 0 Å². The molecule has 20 heavy (non-hydrogen) atoms. The van der Waals surface area contributed by atoms with Crippen LogP contribution in [0.2, 0.25) is 0 Å². The second-order valence-corrected chi connectivity index (χ2v) is 7.15. The molecule has 0 radical (unpaired) electrons. The zero-order valence-electron chi connectivity index (χ0n) is 11.1. The van der Waals surface area contributed by atoms with Crippen LogP contribution in [0.1, 0.15) is 11.1 Å². The molecule has 0 spiro atoms. The molecule has 2 aromatic carbocycles. The molecule has 0 saturated carbocycles. The largest absolute Gasteiger partial charge is 0.398 e. The SMILES string of the molecule is Cc1cccc(S(=O)(=O)Nc2cc(N)c(C)cc2Br)c1. The van der Waals surface area contributed by atoms with E-state index in [1.807, 2.05) is 19.9 Å². The van der Waals surface area contributed by atoms with Crippen LogP contribution >= 0.6 is 15.9 Å². The van der Waals surface area contributed by atoms with Gasteiger partial charge in [-0.25, -0.2) is 8.42 Å². The minimum Gasteiger partial charge on any atom is -0.398 e. The fourth-order valence-electron chi connectivity index (χ4n) is 1.75. The summed E-state index contributed by atoms with van der Waals surface area (Å²) < 4.78 is 27.9. The summed E-state index contributed by atoms with van der Waals surface area (Å²) in [6, 6.07) is 10.1. The van der Waals surface area contributed by atoms with Crippen molar-refractivity contribution in [2.24, 2.45) is 0 Å². The number of nitrogens with one attached hydrogen (secondary N) is 1. The lowest BCUT2D eigenvalue weighted by atomic mass is 10.2. The number of nitrogens with two attached hydrogens (primary N) is 1. The Morgan fingerprint density at radius 3 is 2.50 bits per heavy atom. The number of aryl methyl sites for hydroxylation is 2. The number of anilines is 2. The first-order valence-electron chi connectivity index (χ1n) is 5.95. The van der Waals surface area contributed by atoms with Gasteiger partial charge in [-0.1, -0.05) is 12.1 Å². The molecule has 0 fully saturated rings. The molecular formula is C14H15BrN2O2S. The fourth-order valence-corrected chi connectivity index (χ4v) is 3.62. The predicted octanol–water partition coefficient (Wildman–Crippen LogP) is 3.45. The van der Waals surface area contributed by atoms with Crippen LogP contribution in [-0.2, 0) is 10.0 Å². The van der Waals surface area contributed by atoms with E-state index >= 15 is 0 Å². The van der Waals surface area contributed by atoms with E-state index in [1.54, 1.807) is 30.3 Å². The molecule has 106 valence electrons. The quantitative estimate of drug-likeness (QED) is 0.829. The second kappa shape index (κ2) is 5.46. The number of sulfonamides is 1. The lowest BCUT2D eigenvalue weighted by Crippen LogP contribution is -2.13. The van der Waals surface area contributed by atoms with Crippen molar-refractivity contribution in [3.63, 3.8) is 0 Å². The van der Waals surface area contributed by atoms with Crippen LogP contribution in [0, 0.1) is 13.8 Å². The van der Waals surface area contributed by atoms with Crippen LogP contribution in [0.5, 0.6) is 0 Å². The van der Waals surface area contributed by atoms with Crippen molar-refractivity contribution in [1.82, 2.24) is 0 Å². The highest BCUT2D eigenvalue weighted by molar-refractivity contribution is 9.10. The Bertz CT molecular complexity index is 758. The topological polar surface area (TPSA) is 72.2 Å². The minimum absolute atomic E-state index is 0.226. The molecule has 0 aromatic heterocycles. The summed E-state index contributed by atoms with van der Waals surface area (Å²) in [5.74, 6) is 0. The van der Waals surface area contributed by atoms with Crippen molar-refractivity contribution in [2.45, 2.75) is 18.7 Å². The lowest BCUT2D eigenvalue weighted by Gasteiger charge is -2.12. The van der Waals surface area contributed by atoms with Gasteiger partial charge in [-0.2, -0.15) is 0 Å². The van der Waals surface area contributed by atoms with Gasteiger partial charge in [0, 0.05) is 10.2 Å². The Hall–Kier alpha value is -1.53. The molecule has 0 saturated heterocycles. The van der Waals surface area contributed by atoms with Crippen molar-refractivity contribution in [3.05, 3.63) is 52.0 Å². The van der Waals surface area contributed by atoms with Gasteiger partial charge in [0.1, 0.15) is 0 Å². The van der Waals surface area contributed by atoms with Gasteiger partial charge in [-0.05, 0) is 65.2 Å². The highest BCUT2D eigenvalue weighted by Gasteiger charge is 2.16. The summed E-state index contributed by atoms with van der Waals surface area (Å²) in [7, 11) is -3.62. The first-order chi connectivity index (χ1) is 9.29. The minimum atomic E-state index is -3.62. The van der Waals surface area contributed by atoms with E-state index in [0.29, 0.717) is 15.8 Å². The van der Waals surface area contributed by atoms with Crippen LogP contribution < -0.4 is 10.5 Å². The zero-order valence-corrected chi connectivity index (χ0v) is 13.5. The van der Waals surface area contributed by atoms with E-state index in [-0.39, 0.29) is 4.90 Å². The summed E-state index contributed by atoms with van der Waals surface area (Å²) in [5.41, 5.74) is 8.55. The normalized spacial score (nSPS) is 11.3. The maximum atomic E-state index is 12.3. The van der Waals surface area contributed by atoms with Crippen LogP contribution in [0.3, 0.4) is 0 Å². The van der Waals surface area contributed by atoms with Crippen molar-refractivity contribution in [1.29, 1.82) is 0 Å². The molecule has 0 unspecified atom stereocenters. The molecule has 0 bridgehead atoms. The number of hydrogen-bond acceptors (Lipinski definition) is 3. The third-order valence-corrected chi connectivity index (χ3v) is 4.92. The molecule has 3 N–H and O–H groups in total. The average Bonchev–Trinajstić information content (AvgIpc) is 2.36. The Balaban J connectivity index is 2.41. The number of nitrogen functional groups attached to an aromatic ring is 1. The fraction of sp³-hybridized carbons (Fsp3) is 0.143. The van der Waals surface area contributed by atoms with E-state index < -0.39 is 10.0 Å². The van der Waals surface area contributed by atoms with Gasteiger partial charge in [0.25, 0.3) is 10.0 Å². The number of rotatable bonds is 3. The van der Waals surface area contributed by atoms with E-state index in [0.717, 1.165) is 11.1 Å². The van der Waals surface area contributed by atoms with Gasteiger partial charge in [-0.3, -0.25) is 4.72 Å². The monoisotopic (exact) mass is 354 g/mol. The van der Waals surface area contributed by atoms with Crippen LogP contribution in [0.15, 0.2) is 45.8 Å². The molecule has 0 atom stereocenters. The van der Waals surface area contributed by atoms with Crippen molar-refractivity contribution in [2.75, 3.05) is 10.5 Å². The van der Waals surface area contributed by atoms with Gasteiger partial charge in [0.2, 0.25) is 0 Å². The Morgan fingerprint density at radius 2 is 1.85 bits per heavy atom. The van der Waals surface area contributed by atoms with Crippen LogP contribution in [0.4, 0.5) is 11.4 Å². The first kappa shape index (κ1) is 14.9. The van der Waals surface area contributed by atoms with Crippen molar-refractivity contribution >= 4 is 37.3 Å². The van der Waals surface area contributed by atoms with E-state index in [9.17, 15) is 8.42 Å². The van der Waals surface area contributed by atoms with Crippen molar-refractivity contribution in [3.8, 4) is 0 Å². The average molecular weight is 355 g/mol. The van der Waals surface area contributed by atoms with Crippen molar-refractivity contribution < 1.29 is 8.42 Å². The zero-order chi connectivity index (χ0) is 14.9. The second-order valence-electron chi connectivity index (χ2n) is 4.61. The molecule has 0 aliphatic rings. The van der Waals surface area contributed by atoms with Gasteiger partial charge in [-0.15, -0.1) is 0 Å². The molecule has 2 rings (SSSR count). The highest BCUT2D eigenvalue weighted by Crippen LogP contribution is 2.29. The smallest absolute Gasteiger partial charge is 0.261 e. The number of halogens is 1. The standard InChI is InChI=1S/C14H15BrN2O2S/c1-9-4-3-5-11(6-9)20(18,19)17-14-8-13(16)10(2)7-12(14)15/h3-8,17H,16H2,1-2H3. The first-order valence-corrected chi connectivity index (χ1v) is 8.22. The number of hydrogen-bond donors (Lipinski definition) is 2. The molecule has 4 nitrogen and oxygen atoms in total. The third kappa shape index (κ3) is 3.13. The lowest BCUT2D eigenvalue weighted by molar-refractivity contribution is 0.601. The molecule has 6 heteroatoms. The number of benzene rings is 2. The maximum absolute atomic E-state index is 12.3. The molecule has 0 aliphatic carbocycles. The summed E-state index contributed by atoms with van der Waals surface area (Å²) in [6.45, 7) is 3.71. The van der Waals surface area contributed by atoms with Crippen LogP contribution in [-0.4, -0.2) is 8.42 Å². The maximum Gasteiger partial charge on any atom is 0.261 e. The highest BCUT2D eigenvalue weighted by atomic mass is 79.9. The van der Waals surface area contributed by atoms with Gasteiger partial charge in [0.05, 0.1) is 10.6 Å². The molecule has 0 amide bonds. The van der Waals surface area contributed by atoms with E-state index in [1.165, 1.54) is 0 Å². The van der Waals surface area contributed by atoms with Gasteiger partial charge in [0.15, 0.2) is 0 Å². The van der Waals surface area contributed by atoms with E-state index in [4.69, 9.17) is 5.73 Å². The van der Waals surface area contributed by atoms with Gasteiger partial charge >= 0.3 is 0 Å². The summed E-state index contributed by atoms with van der Waals surface area (Å²) in [5, 5.41) is 0. The Labute approximate surface area is 127 Å². The Morgan fingerprint density at radius 1 is 1.15 bits per heavy atom. The summed E-state index contributed by atoms with van der Waals surface area (Å²) in [4.78, 5) is 0.226. The predicted molar refractivity (Wildman–Crippen MR) is 85.3 cm³/mol. The Kier molecular flexibility index (Phi) is 4.06. The summed E-state index contributed by atoms with van der Waals surface area (Å²) in [6.07, 6.45) is 0. The van der Waals surface area contributed by atoms with E-state index in [2.05, 4.69) is 20.7 Å². The third-order valence-electron chi connectivity index (χ3n) is 2.90. The molecular weight excluding hydrogens is 340 g/mol. The molecule has 0 heterocycles. The van der Waals surface area contributed by atoms with Gasteiger partial charge < -0.3 is 5.73 Å².